The Morgan fingerprint density at radius 1 is 1.20 bits per heavy atom. The van der Waals surface area contributed by atoms with E-state index < -0.39 is 11.6 Å². The zero-order valence-corrected chi connectivity index (χ0v) is 12.7. The van der Waals surface area contributed by atoms with Crippen LogP contribution in [0.5, 0.6) is 0 Å². The van der Waals surface area contributed by atoms with E-state index in [-0.39, 0.29) is 11.5 Å². The zero-order valence-electron chi connectivity index (χ0n) is 12.7. The molecule has 0 bridgehead atoms. The lowest BCUT2D eigenvalue weighted by atomic mass is 9.75. The second-order valence-corrected chi connectivity index (χ2v) is 6.91. The fourth-order valence-electron chi connectivity index (χ4n) is 3.47. The quantitative estimate of drug-likeness (QED) is 0.680. The van der Waals surface area contributed by atoms with Crippen LogP contribution in [-0.2, 0) is 4.79 Å². The number of hydrogen-bond acceptors (Lipinski definition) is 4. The Kier molecular flexibility index (Phi) is 4.72. The van der Waals surface area contributed by atoms with Crippen molar-refractivity contribution >= 4 is 5.97 Å². The molecule has 0 aromatic heterocycles. The number of aliphatic hydroxyl groups is 1. The Bertz CT molecular complexity index is 345. The number of rotatable bonds is 6. The van der Waals surface area contributed by atoms with Crippen LogP contribution < -0.4 is 5.32 Å². The molecule has 0 atom stereocenters. The number of likely N-dealkylation sites (N-methyl/N-ethyl adjacent to an activating group) is 1. The van der Waals surface area contributed by atoms with Gasteiger partial charge in [0.05, 0.1) is 11.5 Å². The van der Waals surface area contributed by atoms with Gasteiger partial charge in [0.25, 0.3) is 0 Å². The van der Waals surface area contributed by atoms with Crippen molar-refractivity contribution in [1.29, 1.82) is 0 Å². The molecule has 0 unspecified atom stereocenters. The van der Waals surface area contributed by atoms with Crippen LogP contribution in [0.2, 0.25) is 0 Å². The summed E-state index contributed by atoms with van der Waals surface area (Å²) < 4.78 is 0. The van der Waals surface area contributed by atoms with Gasteiger partial charge in [0, 0.05) is 18.6 Å². The van der Waals surface area contributed by atoms with Crippen molar-refractivity contribution in [2.75, 3.05) is 27.2 Å². The molecular weight excluding hydrogens is 256 g/mol. The minimum atomic E-state index is -0.721. The standard InChI is InChI=1S/C15H28N2O3/c1-17(2)14(6-3-7-14)10-16-11-15(20)8-4-12(5-9-15)13(18)19/h12,16,20H,3-11H2,1-2H3,(H,18,19). The molecule has 0 aromatic rings. The Morgan fingerprint density at radius 3 is 2.20 bits per heavy atom. The van der Waals surface area contributed by atoms with Crippen molar-refractivity contribution < 1.29 is 15.0 Å². The summed E-state index contributed by atoms with van der Waals surface area (Å²) in [5, 5.41) is 22.9. The van der Waals surface area contributed by atoms with Gasteiger partial charge in [0.2, 0.25) is 0 Å². The number of carboxylic acid groups (broad SMARTS) is 1. The lowest BCUT2D eigenvalue weighted by Gasteiger charge is -2.48. The maximum atomic E-state index is 10.9. The van der Waals surface area contributed by atoms with Crippen molar-refractivity contribution in [2.24, 2.45) is 5.92 Å². The van der Waals surface area contributed by atoms with Gasteiger partial charge in [-0.3, -0.25) is 4.79 Å². The number of aliphatic carboxylic acids is 1. The summed E-state index contributed by atoms with van der Waals surface area (Å²) in [6, 6.07) is 0. The summed E-state index contributed by atoms with van der Waals surface area (Å²) in [7, 11) is 4.24. The Balaban J connectivity index is 1.75. The molecule has 3 N–H and O–H groups in total. The molecule has 2 saturated carbocycles. The predicted molar refractivity (Wildman–Crippen MR) is 77.7 cm³/mol. The van der Waals surface area contributed by atoms with Crippen LogP contribution in [0.3, 0.4) is 0 Å². The van der Waals surface area contributed by atoms with E-state index in [1.54, 1.807) is 0 Å². The zero-order chi connectivity index (χ0) is 14.8. The van der Waals surface area contributed by atoms with Crippen molar-refractivity contribution in [3.63, 3.8) is 0 Å². The van der Waals surface area contributed by atoms with Crippen LogP contribution in [0, 0.1) is 5.92 Å². The molecule has 5 heteroatoms. The number of nitrogens with one attached hydrogen (secondary N) is 1. The van der Waals surface area contributed by atoms with E-state index in [4.69, 9.17) is 5.11 Å². The summed E-state index contributed by atoms with van der Waals surface area (Å²) in [6.45, 7) is 1.49. The lowest BCUT2D eigenvalue weighted by Crippen LogP contribution is -2.58. The smallest absolute Gasteiger partial charge is 0.306 e. The second kappa shape index (κ2) is 6.00. The molecule has 2 fully saturated rings. The van der Waals surface area contributed by atoms with E-state index in [1.165, 1.54) is 19.3 Å². The van der Waals surface area contributed by atoms with Gasteiger partial charge in [0.1, 0.15) is 0 Å². The van der Waals surface area contributed by atoms with E-state index >= 15 is 0 Å². The largest absolute Gasteiger partial charge is 0.481 e. The van der Waals surface area contributed by atoms with Crippen LogP contribution in [0.1, 0.15) is 44.9 Å². The maximum Gasteiger partial charge on any atom is 0.306 e. The highest BCUT2D eigenvalue weighted by atomic mass is 16.4. The predicted octanol–water partition coefficient (Wildman–Crippen LogP) is 1.07. The third-order valence-corrected chi connectivity index (χ3v) is 5.41. The molecule has 5 nitrogen and oxygen atoms in total. The molecule has 0 spiro atoms. The fourth-order valence-corrected chi connectivity index (χ4v) is 3.47. The summed E-state index contributed by atoms with van der Waals surface area (Å²) >= 11 is 0. The molecule has 0 heterocycles. The molecule has 0 radical (unpaired) electrons. The molecule has 2 rings (SSSR count). The first-order chi connectivity index (χ1) is 9.37. The van der Waals surface area contributed by atoms with Gasteiger partial charge in [0.15, 0.2) is 0 Å². The van der Waals surface area contributed by atoms with E-state index in [0.29, 0.717) is 32.2 Å². The van der Waals surface area contributed by atoms with E-state index in [2.05, 4.69) is 24.3 Å². The Hall–Kier alpha value is -0.650. The molecule has 116 valence electrons. The van der Waals surface area contributed by atoms with Gasteiger partial charge >= 0.3 is 5.97 Å². The number of hydrogen-bond donors (Lipinski definition) is 3. The average molecular weight is 284 g/mol. The van der Waals surface area contributed by atoms with Crippen LogP contribution in [0.15, 0.2) is 0 Å². The summed E-state index contributed by atoms with van der Waals surface area (Å²) in [4.78, 5) is 13.2. The van der Waals surface area contributed by atoms with Crippen molar-refractivity contribution in [3.8, 4) is 0 Å². The first-order valence-corrected chi connectivity index (χ1v) is 7.70. The van der Waals surface area contributed by atoms with Gasteiger partial charge in [-0.2, -0.15) is 0 Å². The highest BCUT2D eigenvalue weighted by molar-refractivity contribution is 5.70. The monoisotopic (exact) mass is 284 g/mol. The second-order valence-electron chi connectivity index (χ2n) is 6.91. The van der Waals surface area contributed by atoms with Gasteiger partial charge < -0.3 is 20.4 Å². The molecule has 20 heavy (non-hydrogen) atoms. The minimum absolute atomic E-state index is 0.259. The van der Waals surface area contributed by atoms with Gasteiger partial charge in [-0.1, -0.05) is 0 Å². The fraction of sp³-hybridized carbons (Fsp3) is 0.933. The molecule has 0 saturated heterocycles. The molecule has 0 amide bonds. The third-order valence-electron chi connectivity index (χ3n) is 5.41. The Labute approximate surface area is 121 Å². The molecule has 2 aliphatic rings. The molecule has 0 aromatic carbocycles. The van der Waals surface area contributed by atoms with Crippen LogP contribution in [0.25, 0.3) is 0 Å². The van der Waals surface area contributed by atoms with Crippen LogP contribution >= 0.6 is 0 Å². The van der Waals surface area contributed by atoms with E-state index in [9.17, 15) is 9.90 Å². The van der Waals surface area contributed by atoms with Gasteiger partial charge in [-0.25, -0.2) is 0 Å². The maximum absolute atomic E-state index is 10.9. The summed E-state index contributed by atoms with van der Waals surface area (Å²) in [6.07, 6.45) is 6.07. The average Bonchev–Trinajstić information content (AvgIpc) is 2.32. The highest BCUT2D eigenvalue weighted by Gasteiger charge is 2.40. The molecule has 0 aliphatic heterocycles. The summed E-state index contributed by atoms with van der Waals surface area (Å²) in [5.74, 6) is -0.990. The molecular formula is C15H28N2O3. The minimum Gasteiger partial charge on any atom is -0.481 e. The Morgan fingerprint density at radius 2 is 1.80 bits per heavy atom. The first-order valence-electron chi connectivity index (χ1n) is 7.70. The number of nitrogens with zero attached hydrogens (tertiary/aromatic N) is 1. The topological polar surface area (TPSA) is 72.8 Å². The molecule has 2 aliphatic carbocycles. The third kappa shape index (κ3) is 3.32. The number of carbonyl (C=O) groups is 1. The van der Waals surface area contributed by atoms with Crippen molar-refractivity contribution in [2.45, 2.75) is 56.1 Å². The van der Waals surface area contributed by atoms with Crippen molar-refractivity contribution in [1.82, 2.24) is 10.2 Å². The SMILES string of the molecule is CN(C)C1(CNCC2(O)CCC(C(=O)O)CC2)CCC1. The van der Waals surface area contributed by atoms with Crippen LogP contribution in [0.4, 0.5) is 0 Å². The highest BCUT2D eigenvalue weighted by Crippen LogP contribution is 2.36. The summed E-state index contributed by atoms with van der Waals surface area (Å²) in [5.41, 5.74) is -0.460. The first kappa shape index (κ1) is 15.7. The van der Waals surface area contributed by atoms with Crippen LogP contribution in [-0.4, -0.2) is 59.4 Å². The van der Waals surface area contributed by atoms with E-state index in [1.807, 2.05) is 0 Å². The lowest BCUT2D eigenvalue weighted by molar-refractivity contribution is -0.144. The van der Waals surface area contributed by atoms with Gasteiger partial charge in [-0.15, -0.1) is 0 Å². The van der Waals surface area contributed by atoms with Crippen molar-refractivity contribution in [3.05, 3.63) is 0 Å². The van der Waals surface area contributed by atoms with Gasteiger partial charge in [-0.05, 0) is 59.0 Å². The van der Waals surface area contributed by atoms with E-state index in [0.717, 1.165) is 6.54 Å². The normalized spacial score (nSPS) is 32.9. The number of carboxylic acids is 1.